The lowest BCUT2D eigenvalue weighted by molar-refractivity contribution is -0.117. The van der Waals surface area contributed by atoms with Crippen molar-refractivity contribution >= 4 is 12.0 Å². The highest BCUT2D eigenvalue weighted by Gasteiger charge is 2.12. The lowest BCUT2D eigenvalue weighted by Crippen LogP contribution is -2.35. The van der Waals surface area contributed by atoms with Crippen molar-refractivity contribution in [3.05, 3.63) is 12.2 Å². The van der Waals surface area contributed by atoms with Crippen LogP contribution in [-0.4, -0.2) is 24.6 Å². The molecule has 5 nitrogen and oxygen atoms in total. The maximum atomic E-state index is 11.3. The van der Waals surface area contributed by atoms with Gasteiger partial charge in [-0.25, -0.2) is 4.79 Å². The van der Waals surface area contributed by atoms with Crippen LogP contribution in [0.2, 0.25) is 1.41 Å². The second-order valence-electron chi connectivity index (χ2n) is 3.79. The van der Waals surface area contributed by atoms with E-state index in [0.29, 0.717) is 0 Å². The van der Waals surface area contributed by atoms with E-state index in [0.717, 1.165) is 25.7 Å². The number of amides is 2. The summed E-state index contributed by atoms with van der Waals surface area (Å²) in [5.74, 6) is -0.574. The van der Waals surface area contributed by atoms with Crippen LogP contribution in [0.15, 0.2) is 12.2 Å². The van der Waals surface area contributed by atoms with Gasteiger partial charge in [0.15, 0.2) is 1.41 Å². The second kappa shape index (κ2) is 6.87. The Balaban J connectivity index is 2.28. The molecule has 0 aromatic rings. The van der Waals surface area contributed by atoms with Crippen LogP contribution in [0.4, 0.5) is 4.79 Å². The Hall–Kier alpha value is -1.52. The fourth-order valence-corrected chi connectivity index (χ4v) is 1.56. The maximum Gasteiger partial charge on any atom is 0.408 e. The number of nitrogens with two attached hydrogens (primary N) is 1. The molecule has 0 aromatic heterocycles. The predicted octanol–water partition coefficient (Wildman–Crippen LogP) is 1.09. The number of rotatable bonds is 3. The normalized spacial score (nSPS) is 23.2. The molecule has 1 atom stereocenters. The summed E-state index contributed by atoms with van der Waals surface area (Å²) < 4.78 is 11.7. The van der Waals surface area contributed by atoms with Crippen molar-refractivity contribution in [1.29, 1.82) is 0 Å². The first kappa shape index (κ1) is 11.0. The number of carbonyl (C=O) groups excluding carboxylic acids is 2. The molecule has 0 saturated heterocycles. The highest BCUT2D eigenvalue weighted by atomic mass is 16.6. The molecule has 1 unspecified atom stereocenters. The number of nitrogens with one attached hydrogen (secondary N) is 1. The molecule has 5 heteroatoms. The number of alkyl carbamates (subject to hydrolysis) is 1. The van der Waals surface area contributed by atoms with Crippen LogP contribution in [0.1, 0.15) is 32.1 Å². The lowest BCUT2D eigenvalue weighted by atomic mass is 10.0. The van der Waals surface area contributed by atoms with Crippen LogP contribution in [0.5, 0.6) is 0 Å². The van der Waals surface area contributed by atoms with Gasteiger partial charge in [-0.05, 0) is 31.8 Å². The molecule has 1 aliphatic rings. The molecule has 16 heavy (non-hydrogen) atoms. The van der Waals surface area contributed by atoms with Gasteiger partial charge in [-0.1, -0.05) is 12.5 Å². The van der Waals surface area contributed by atoms with Crippen LogP contribution >= 0.6 is 0 Å². The van der Waals surface area contributed by atoms with Crippen molar-refractivity contribution in [2.45, 2.75) is 38.2 Å². The molecule has 0 aromatic carbocycles. The largest absolute Gasteiger partial charge is 0.442 e. The summed E-state index contributed by atoms with van der Waals surface area (Å²) >= 11 is 0. The molecular formula is C11H18N2O3. The van der Waals surface area contributed by atoms with Gasteiger partial charge in [-0.15, -0.1) is 0 Å². The molecule has 0 aliphatic heterocycles. The topological polar surface area (TPSA) is 81.4 Å². The first-order chi connectivity index (χ1) is 8.22. The summed E-state index contributed by atoms with van der Waals surface area (Å²) in [7, 11) is 0. The molecule has 1 aliphatic carbocycles. The highest BCUT2D eigenvalue weighted by molar-refractivity contribution is 5.80. The first-order valence-electron chi connectivity index (χ1n) is 6.04. The van der Waals surface area contributed by atoms with E-state index in [1.807, 2.05) is 12.2 Å². The standard InChI is InChI=1S/C11H18N2O3/c12-10(14)8-13-11(15)16-9-6-4-2-1-3-5-7-9/h4,6,9H,1-3,5,7-8H2,(H2,12,14)(H,13,15)/b6-4+/i/hD. The monoisotopic (exact) mass is 227 g/mol. The maximum absolute atomic E-state index is 11.3. The molecule has 0 spiro atoms. The number of primary amides is 1. The molecule has 0 heterocycles. The van der Waals surface area contributed by atoms with Gasteiger partial charge in [0.25, 0.3) is 0 Å². The molecular weight excluding hydrogens is 208 g/mol. The minimum atomic E-state index is -0.621. The zero-order chi connectivity index (χ0) is 12.5. The minimum absolute atomic E-state index is 0.214. The molecule has 2 amide bonds. The molecule has 90 valence electrons. The summed E-state index contributed by atoms with van der Waals surface area (Å²) in [6, 6.07) is 0. The van der Waals surface area contributed by atoms with E-state index in [1.54, 1.807) is 5.73 Å². The SMILES string of the molecule is [2H]NC(=O)CNC(=O)OC1/C=C/CCCCC1. The molecule has 0 saturated carbocycles. The van der Waals surface area contributed by atoms with E-state index < -0.39 is 12.0 Å². The highest BCUT2D eigenvalue weighted by Crippen LogP contribution is 2.14. The van der Waals surface area contributed by atoms with Crippen molar-refractivity contribution in [2.24, 2.45) is 5.73 Å². The van der Waals surface area contributed by atoms with Crippen LogP contribution in [0.25, 0.3) is 0 Å². The van der Waals surface area contributed by atoms with Gasteiger partial charge < -0.3 is 15.8 Å². The molecule has 3 N–H and O–H groups in total. The summed E-state index contributed by atoms with van der Waals surface area (Å²) in [5.41, 5.74) is 1.67. The Morgan fingerprint density at radius 2 is 2.38 bits per heavy atom. The van der Waals surface area contributed by atoms with Gasteiger partial charge in [0, 0.05) is 0 Å². The number of hydrogen-bond acceptors (Lipinski definition) is 3. The quantitative estimate of drug-likeness (QED) is 0.708. The molecule has 1 rings (SSSR count). The zero-order valence-electron chi connectivity index (χ0n) is 10.2. The predicted molar refractivity (Wildman–Crippen MR) is 59.7 cm³/mol. The summed E-state index contributed by atoms with van der Waals surface area (Å²) in [4.78, 5) is 22.0. The third kappa shape index (κ3) is 5.38. The Morgan fingerprint density at radius 1 is 1.50 bits per heavy atom. The van der Waals surface area contributed by atoms with Crippen LogP contribution in [-0.2, 0) is 9.53 Å². The van der Waals surface area contributed by atoms with Crippen molar-refractivity contribution < 1.29 is 15.7 Å². The Labute approximate surface area is 96.5 Å². The second-order valence-corrected chi connectivity index (χ2v) is 3.79. The Morgan fingerprint density at radius 3 is 3.19 bits per heavy atom. The first-order valence-corrected chi connectivity index (χ1v) is 5.54. The average Bonchev–Trinajstić information content (AvgIpc) is 2.29. The summed E-state index contributed by atoms with van der Waals surface area (Å²) in [6.07, 6.45) is 8.27. The minimum Gasteiger partial charge on any atom is -0.442 e. The molecule has 0 radical (unpaired) electrons. The number of hydrogen-bond donors (Lipinski definition) is 2. The molecule has 0 bridgehead atoms. The Kier molecular flexibility index (Phi) is 4.72. The van der Waals surface area contributed by atoms with Crippen LogP contribution in [0.3, 0.4) is 0 Å². The van der Waals surface area contributed by atoms with Gasteiger partial charge in [-0.3, -0.25) is 4.79 Å². The zero-order valence-corrected chi connectivity index (χ0v) is 9.20. The van der Waals surface area contributed by atoms with Gasteiger partial charge in [0.2, 0.25) is 5.91 Å². The van der Waals surface area contributed by atoms with Crippen molar-refractivity contribution in [2.75, 3.05) is 6.54 Å². The van der Waals surface area contributed by atoms with Gasteiger partial charge >= 0.3 is 6.09 Å². The Bertz CT molecular complexity index is 294. The fraction of sp³-hybridized carbons (Fsp3) is 0.636. The van der Waals surface area contributed by atoms with E-state index in [2.05, 4.69) is 5.32 Å². The van der Waals surface area contributed by atoms with E-state index in [-0.39, 0.29) is 12.6 Å². The fourth-order valence-electron chi connectivity index (χ4n) is 1.56. The average molecular weight is 227 g/mol. The summed E-state index contributed by atoms with van der Waals surface area (Å²) in [6.45, 7) is -0.237. The number of allylic oxidation sites excluding steroid dienone is 1. The number of ether oxygens (including phenoxy) is 1. The lowest BCUT2D eigenvalue weighted by Gasteiger charge is -2.16. The van der Waals surface area contributed by atoms with E-state index in [1.165, 1.54) is 6.42 Å². The molecule has 0 fully saturated rings. The third-order valence-electron chi connectivity index (χ3n) is 2.36. The van der Waals surface area contributed by atoms with Crippen LogP contribution < -0.4 is 11.0 Å². The van der Waals surface area contributed by atoms with Crippen molar-refractivity contribution in [3.8, 4) is 0 Å². The van der Waals surface area contributed by atoms with Crippen molar-refractivity contribution in [3.63, 3.8) is 0 Å². The van der Waals surface area contributed by atoms with E-state index in [4.69, 9.17) is 6.15 Å². The third-order valence-corrected chi connectivity index (χ3v) is 2.36. The van der Waals surface area contributed by atoms with Gasteiger partial charge in [0.1, 0.15) is 6.10 Å². The van der Waals surface area contributed by atoms with Gasteiger partial charge in [0.05, 0.1) is 6.54 Å². The smallest absolute Gasteiger partial charge is 0.408 e. The van der Waals surface area contributed by atoms with E-state index >= 15 is 0 Å². The van der Waals surface area contributed by atoms with Crippen molar-refractivity contribution in [1.82, 2.24) is 5.32 Å². The summed E-state index contributed by atoms with van der Waals surface area (Å²) in [5, 5.41) is 2.29. The number of carbonyl (C=O) groups is 2. The van der Waals surface area contributed by atoms with Crippen LogP contribution in [0, 0.1) is 0 Å². The van der Waals surface area contributed by atoms with E-state index in [9.17, 15) is 9.59 Å². The van der Waals surface area contributed by atoms with Gasteiger partial charge in [-0.2, -0.15) is 0 Å².